The van der Waals surface area contributed by atoms with Gasteiger partial charge in [0.1, 0.15) is 5.75 Å². The zero-order valence-corrected chi connectivity index (χ0v) is 15.3. The number of carbonyl (C=O) groups excluding carboxylic acids is 1. The van der Waals surface area contributed by atoms with Crippen LogP contribution in [0.4, 0.5) is 5.69 Å². The number of carbonyl (C=O) groups is 1. The first-order valence-corrected chi connectivity index (χ1v) is 8.91. The summed E-state index contributed by atoms with van der Waals surface area (Å²) in [4.78, 5) is 19.3. The number of aryl methyl sites for hydroxylation is 1. The van der Waals surface area contributed by atoms with Gasteiger partial charge in [0.2, 0.25) is 0 Å². The van der Waals surface area contributed by atoms with Crippen molar-refractivity contribution in [3.8, 4) is 5.75 Å². The van der Waals surface area contributed by atoms with Crippen molar-refractivity contribution in [1.29, 1.82) is 0 Å². The topological polar surface area (TPSA) is 41.9 Å². The minimum atomic E-state index is -0.0447. The summed E-state index contributed by atoms with van der Waals surface area (Å²) in [6.07, 6.45) is 2.87. The van der Waals surface area contributed by atoms with Crippen LogP contribution in [-0.4, -0.2) is 30.1 Å². The predicted octanol–water partition coefficient (Wildman–Crippen LogP) is 4.49. The molecule has 0 saturated carbocycles. The molecule has 1 amide bonds. The van der Waals surface area contributed by atoms with E-state index in [2.05, 4.69) is 24.0 Å². The number of likely N-dealkylation sites (N-methyl/N-ethyl adjacent to an activating group) is 1. The summed E-state index contributed by atoms with van der Waals surface area (Å²) >= 11 is 1.39. The van der Waals surface area contributed by atoms with Crippen molar-refractivity contribution in [2.45, 2.75) is 13.3 Å². The summed E-state index contributed by atoms with van der Waals surface area (Å²) in [6.45, 7) is 2.12. The van der Waals surface area contributed by atoms with Gasteiger partial charge in [-0.3, -0.25) is 9.69 Å². The summed E-state index contributed by atoms with van der Waals surface area (Å²) < 4.78 is 5.23. The molecule has 1 heterocycles. The van der Waals surface area contributed by atoms with Gasteiger partial charge < -0.3 is 4.74 Å². The Morgan fingerprint density at radius 3 is 2.64 bits per heavy atom. The van der Waals surface area contributed by atoms with Gasteiger partial charge in [-0.25, -0.2) is 4.99 Å². The average Bonchev–Trinajstić information content (AvgIpc) is 2.90. The van der Waals surface area contributed by atoms with Crippen molar-refractivity contribution >= 4 is 34.6 Å². The van der Waals surface area contributed by atoms with Crippen LogP contribution in [0.2, 0.25) is 0 Å². The van der Waals surface area contributed by atoms with Crippen LogP contribution in [-0.2, 0) is 11.2 Å². The van der Waals surface area contributed by atoms with E-state index < -0.39 is 0 Å². The van der Waals surface area contributed by atoms with Crippen molar-refractivity contribution in [3.63, 3.8) is 0 Å². The fraction of sp³-hybridized carbons (Fsp3) is 0.200. The number of aliphatic imine (C=N–C) groups is 1. The Kier molecular flexibility index (Phi) is 5.24. The molecule has 128 valence electrons. The third kappa shape index (κ3) is 3.94. The number of ether oxygens (including phenoxy) is 1. The first-order chi connectivity index (χ1) is 12.1. The van der Waals surface area contributed by atoms with Crippen LogP contribution in [0.5, 0.6) is 5.75 Å². The Bertz CT molecular complexity index is 841. The van der Waals surface area contributed by atoms with Gasteiger partial charge in [-0.1, -0.05) is 31.2 Å². The molecule has 0 unspecified atom stereocenters. The van der Waals surface area contributed by atoms with E-state index in [1.165, 1.54) is 17.3 Å². The number of thioether (sulfide) groups is 1. The van der Waals surface area contributed by atoms with Gasteiger partial charge in [0.15, 0.2) is 5.17 Å². The van der Waals surface area contributed by atoms with E-state index in [4.69, 9.17) is 4.74 Å². The van der Waals surface area contributed by atoms with E-state index in [1.807, 2.05) is 42.5 Å². The Hall–Kier alpha value is -2.53. The number of rotatable bonds is 4. The number of nitrogens with zero attached hydrogens (tertiary/aromatic N) is 2. The Labute approximate surface area is 152 Å². The quantitative estimate of drug-likeness (QED) is 0.761. The first-order valence-electron chi connectivity index (χ1n) is 8.10. The first kappa shape index (κ1) is 17.3. The predicted molar refractivity (Wildman–Crippen MR) is 104 cm³/mol. The van der Waals surface area contributed by atoms with Crippen LogP contribution in [0.25, 0.3) is 6.08 Å². The van der Waals surface area contributed by atoms with Crippen molar-refractivity contribution < 1.29 is 9.53 Å². The maximum Gasteiger partial charge on any atom is 0.266 e. The fourth-order valence-corrected chi connectivity index (χ4v) is 3.44. The minimum Gasteiger partial charge on any atom is -0.497 e. The van der Waals surface area contributed by atoms with Gasteiger partial charge in [0, 0.05) is 7.05 Å². The maximum absolute atomic E-state index is 12.5. The Balaban J connectivity index is 1.85. The van der Waals surface area contributed by atoms with Crippen LogP contribution in [0.15, 0.2) is 58.4 Å². The largest absolute Gasteiger partial charge is 0.497 e. The lowest BCUT2D eigenvalue weighted by molar-refractivity contribution is -0.121. The van der Waals surface area contributed by atoms with E-state index in [0.717, 1.165) is 23.4 Å². The summed E-state index contributed by atoms with van der Waals surface area (Å²) in [6, 6.07) is 15.7. The number of methoxy groups -OCH3 is 1. The lowest BCUT2D eigenvalue weighted by Gasteiger charge is -2.07. The minimum absolute atomic E-state index is 0.0447. The molecule has 2 aromatic carbocycles. The molecule has 2 aromatic rings. The Morgan fingerprint density at radius 2 is 1.96 bits per heavy atom. The van der Waals surface area contributed by atoms with Crippen LogP contribution < -0.4 is 4.74 Å². The smallest absolute Gasteiger partial charge is 0.266 e. The third-order valence-electron chi connectivity index (χ3n) is 3.96. The summed E-state index contributed by atoms with van der Waals surface area (Å²) in [5, 5.41) is 0.684. The number of hydrogen-bond donors (Lipinski definition) is 0. The molecule has 1 saturated heterocycles. The van der Waals surface area contributed by atoms with Gasteiger partial charge in [-0.05, 0) is 59.7 Å². The van der Waals surface area contributed by atoms with Gasteiger partial charge in [-0.2, -0.15) is 0 Å². The van der Waals surface area contributed by atoms with Gasteiger partial charge in [-0.15, -0.1) is 0 Å². The molecular formula is C20H20N2O2S. The molecule has 5 heteroatoms. The van der Waals surface area contributed by atoms with E-state index >= 15 is 0 Å². The second-order valence-corrected chi connectivity index (χ2v) is 6.67. The monoisotopic (exact) mass is 352 g/mol. The molecule has 0 radical (unpaired) electrons. The molecule has 1 aliphatic heterocycles. The standard InChI is InChI=1S/C20H20N2O2S/c1-4-14-8-10-16(11-9-14)21-20-22(2)19(23)18(25-20)13-15-6-5-7-17(12-15)24-3/h5-13H,4H2,1-3H3. The fourth-order valence-electron chi connectivity index (χ4n) is 2.45. The summed E-state index contributed by atoms with van der Waals surface area (Å²) in [5.74, 6) is 0.722. The number of amides is 1. The molecule has 1 aliphatic rings. The molecule has 0 aliphatic carbocycles. The zero-order chi connectivity index (χ0) is 17.8. The van der Waals surface area contributed by atoms with Gasteiger partial charge in [0.25, 0.3) is 5.91 Å². The molecule has 0 N–H and O–H groups in total. The van der Waals surface area contributed by atoms with Crippen molar-refractivity contribution in [2.24, 2.45) is 4.99 Å². The lowest BCUT2D eigenvalue weighted by atomic mass is 10.2. The Morgan fingerprint density at radius 1 is 1.20 bits per heavy atom. The summed E-state index contributed by atoms with van der Waals surface area (Å²) in [7, 11) is 3.38. The van der Waals surface area contributed by atoms with Crippen LogP contribution in [0, 0.1) is 0 Å². The lowest BCUT2D eigenvalue weighted by Crippen LogP contribution is -2.23. The molecule has 0 spiro atoms. The van der Waals surface area contributed by atoms with Crippen molar-refractivity contribution in [2.75, 3.05) is 14.2 Å². The van der Waals surface area contributed by atoms with Crippen molar-refractivity contribution in [3.05, 3.63) is 64.6 Å². The average molecular weight is 352 g/mol. The van der Waals surface area contributed by atoms with Crippen molar-refractivity contribution in [1.82, 2.24) is 4.90 Å². The summed E-state index contributed by atoms with van der Waals surface area (Å²) in [5.41, 5.74) is 3.05. The normalized spacial score (nSPS) is 17.6. The van der Waals surface area contributed by atoms with E-state index in [-0.39, 0.29) is 5.91 Å². The highest BCUT2D eigenvalue weighted by molar-refractivity contribution is 8.18. The number of hydrogen-bond acceptors (Lipinski definition) is 4. The molecule has 0 aromatic heterocycles. The second-order valence-electron chi connectivity index (χ2n) is 5.67. The van der Waals surface area contributed by atoms with Crippen LogP contribution in [0.1, 0.15) is 18.1 Å². The van der Waals surface area contributed by atoms with Gasteiger partial charge >= 0.3 is 0 Å². The second kappa shape index (κ2) is 7.57. The van der Waals surface area contributed by atoms with E-state index in [9.17, 15) is 4.79 Å². The highest BCUT2D eigenvalue weighted by Crippen LogP contribution is 2.33. The number of benzene rings is 2. The molecular weight excluding hydrogens is 332 g/mol. The zero-order valence-electron chi connectivity index (χ0n) is 14.5. The molecule has 0 bridgehead atoms. The third-order valence-corrected chi connectivity index (χ3v) is 5.02. The highest BCUT2D eigenvalue weighted by atomic mass is 32.2. The van der Waals surface area contributed by atoms with Crippen LogP contribution in [0.3, 0.4) is 0 Å². The molecule has 25 heavy (non-hydrogen) atoms. The van der Waals surface area contributed by atoms with E-state index in [0.29, 0.717) is 10.1 Å². The van der Waals surface area contributed by atoms with Gasteiger partial charge in [0.05, 0.1) is 17.7 Å². The highest BCUT2D eigenvalue weighted by Gasteiger charge is 2.30. The maximum atomic E-state index is 12.5. The van der Waals surface area contributed by atoms with Crippen LogP contribution >= 0.6 is 11.8 Å². The number of amidine groups is 1. The SMILES string of the molecule is CCc1ccc(N=C2SC(=Cc3cccc(OC)c3)C(=O)N2C)cc1. The molecule has 4 nitrogen and oxygen atoms in total. The molecule has 1 fully saturated rings. The molecule has 0 atom stereocenters. The van der Waals surface area contributed by atoms with E-state index in [1.54, 1.807) is 19.1 Å². The molecule has 3 rings (SSSR count).